The molecule has 1 N–H and O–H groups in total. The summed E-state index contributed by atoms with van der Waals surface area (Å²) in [4.78, 5) is 0. The highest BCUT2D eigenvalue weighted by molar-refractivity contribution is 7.89. The van der Waals surface area contributed by atoms with E-state index >= 15 is 0 Å². The zero-order valence-corrected chi connectivity index (χ0v) is 14.4. The Labute approximate surface area is 137 Å². The van der Waals surface area contributed by atoms with Gasteiger partial charge in [-0.1, -0.05) is 6.42 Å². The standard InChI is InChI=1S/C16H25N3O3S/c1-2-19-15(8-14(17-19)11-6-7-11)23(20,21)18-16-12-4-3-5-13(16)10-22-9-12/h8,11-13,16,18H,2-7,9-10H2,1H3. The number of aromatic nitrogens is 2. The van der Waals surface area contributed by atoms with Crippen LogP contribution in [-0.4, -0.2) is 37.5 Å². The summed E-state index contributed by atoms with van der Waals surface area (Å²) in [6.07, 6.45) is 5.51. The monoisotopic (exact) mass is 339 g/mol. The van der Waals surface area contributed by atoms with Gasteiger partial charge in [0.1, 0.15) is 0 Å². The normalized spacial score (nSPS) is 31.3. The van der Waals surface area contributed by atoms with Crippen LogP contribution in [0.3, 0.4) is 0 Å². The fourth-order valence-corrected chi connectivity index (χ4v) is 5.59. The molecule has 0 aromatic carbocycles. The highest BCUT2D eigenvalue weighted by Gasteiger charge is 2.40. The third kappa shape index (κ3) is 2.94. The average molecular weight is 339 g/mol. The Balaban J connectivity index is 1.60. The van der Waals surface area contributed by atoms with Crippen molar-refractivity contribution in [2.24, 2.45) is 11.8 Å². The first kappa shape index (κ1) is 15.6. The lowest BCUT2D eigenvalue weighted by molar-refractivity contribution is -0.0296. The van der Waals surface area contributed by atoms with Crippen LogP contribution >= 0.6 is 0 Å². The van der Waals surface area contributed by atoms with Gasteiger partial charge < -0.3 is 4.74 Å². The summed E-state index contributed by atoms with van der Waals surface area (Å²) in [5.74, 6) is 1.07. The third-order valence-electron chi connectivity index (χ3n) is 5.45. The van der Waals surface area contributed by atoms with E-state index in [1.807, 2.05) is 6.92 Å². The number of nitrogens with one attached hydrogen (secondary N) is 1. The molecule has 0 amide bonds. The third-order valence-corrected chi connectivity index (χ3v) is 6.91. The van der Waals surface area contributed by atoms with Gasteiger partial charge in [-0.25, -0.2) is 13.1 Å². The summed E-state index contributed by atoms with van der Waals surface area (Å²) in [6.45, 7) is 3.85. The van der Waals surface area contributed by atoms with Gasteiger partial charge in [0.2, 0.25) is 0 Å². The van der Waals surface area contributed by atoms with E-state index < -0.39 is 10.0 Å². The van der Waals surface area contributed by atoms with E-state index in [2.05, 4.69) is 9.82 Å². The van der Waals surface area contributed by atoms with Gasteiger partial charge in [-0.05, 0) is 44.4 Å². The molecule has 1 saturated heterocycles. The molecule has 3 aliphatic rings. The predicted molar refractivity (Wildman–Crippen MR) is 85.6 cm³/mol. The van der Waals surface area contributed by atoms with E-state index in [-0.39, 0.29) is 6.04 Å². The second-order valence-electron chi connectivity index (χ2n) is 7.13. The van der Waals surface area contributed by atoms with Crippen molar-refractivity contribution in [3.8, 4) is 0 Å². The van der Waals surface area contributed by atoms with Gasteiger partial charge >= 0.3 is 0 Å². The largest absolute Gasteiger partial charge is 0.381 e. The van der Waals surface area contributed by atoms with Crippen molar-refractivity contribution in [1.82, 2.24) is 14.5 Å². The number of nitrogens with zero attached hydrogens (tertiary/aromatic N) is 2. The minimum atomic E-state index is -3.53. The number of sulfonamides is 1. The van der Waals surface area contributed by atoms with Crippen molar-refractivity contribution < 1.29 is 13.2 Å². The molecule has 2 heterocycles. The molecule has 1 aromatic heterocycles. The fraction of sp³-hybridized carbons (Fsp3) is 0.812. The fourth-order valence-electron chi connectivity index (χ4n) is 4.00. The quantitative estimate of drug-likeness (QED) is 0.889. The van der Waals surface area contributed by atoms with Crippen LogP contribution in [0.2, 0.25) is 0 Å². The lowest BCUT2D eigenvalue weighted by Crippen LogP contribution is -2.53. The molecule has 1 aromatic rings. The van der Waals surface area contributed by atoms with Gasteiger partial charge in [-0.2, -0.15) is 5.10 Å². The number of ether oxygens (including phenoxy) is 1. The van der Waals surface area contributed by atoms with Crippen molar-refractivity contribution in [2.45, 2.75) is 62.6 Å². The summed E-state index contributed by atoms with van der Waals surface area (Å²) in [6, 6.07) is 1.78. The maximum absolute atomic E-state index is 13.0. The molecule has 128 valence electrons. The molecular formula is C16H25N3O3S. The minimum Gasteiger partial charge on any atom is -0.381 e. The number of hydrogen-bond donors (Lipinski definition) is 1. The first-order chi connectivity index (χ1) is 11.1. The van der Waals surface area contributed by atoms with Crippen LogP contribution in [0, 0.1) is 11.8 Å². The van der Waals surface area contributed by atoms with Crippen molar-refractivity contribution in [1.29, 1.82) is 0 Å². The van der Waals surface area contributed by atoms with E-state index in [1.54, 1.807) is 10.7 Å². The molecule has 0 radical (unpaired) electrons. The smallest absolute Gasteiger partial charge is 0.257 e. The molecule has 0 spiro atoms. The van der Waals surface area contributed by atoms with Gasteiger partial charge in [0.15, 0.2) is 5.03 Å². The van der Waals surface area contributed by atoms with Crippen molar-refractivity contribution in [2.75, 3.05) is 13.2 Å². The molecule has 2 aliphatic carbocycles. The molecule has 2 unspecified atom stereocenters. The Kier molecular flexibility index (Phi) is 3.98. The van der Waals surface area contributed by atoms with E-state index in [0.717, 1.165) is 31.4 Å². The number of aryl methyl sites for hydroxylation is 1. The zero-order chi connectivity index (χ0) is 16.0. The van der Waals surface area contributed by atoms with E-state index in [1.165, 1.54) is 6.42 Å². The highest BCUT2D eigenvalue weighted by atomic mass is 32.2. The van der Waals surface area contributed by atoms with Gasteiger partial charge in [0.05, 0.1) is 18.9 Å². The minimum absolute atomic E-state index is 0.00656. The topological polar surface area (TPSA) is 73.2 Å². The van der Waals surface area contributed by atoms with Crippen LogP contribution in [0.25, 0.3) is 0 Å². The summed E-state index contributed by atoms with van der Waals surface area (Å²) in [7, 11) is -3.53. The molecule has 23 heavy (non-hydrogen) atoms. The van der Waals surface area contributed by atoms with Crippen LogP contribution in [0.15, 0.2) is 11.1 Å². The Bertz CT molecular complexity index is 659. The molecule has 2 atom stereocenters. The Morgan fingerprint density at radius 3 is 2.57 bits per heavy atom. The molecular weight excluding hydrogens is 314 g/mol. The molecule has 7 heteroatoms. The van der Waals surface area contributed by atoms with Crippen LogP contribution in [0.5, 0.6) is 0 Å². The maximum Gasteiger partial charge on any atom is 0.257 e. The molecule has 1 aliphatic heterocycles. The SMILES string of the molecule is CCn1nc(C2CC2)cc1S(=O)(=O)NC1C2CCCC1COC2. The van der Waals surface area contributed by atoms with Gasteiger partial charge in [0, 0.05) is 24.6 Å². The summed E-state index contributed by atoms with van der Waals surface area (Å²) in [5, 5.41) is 4.82. The van der Waals surface area contributed by atoms with Crippen LogP contribution in [0.4, 0.5) is 0 Å². The van der Waals surface area contributed by atoms with Gasteiger partial charge in [-0.15, -0.1) is 0 Å². The second-order valence-corrected chi connectivity index (χ2v) is 8.79. The molecule has 3 fully saturated rings. The Morgan fingerprint density at radius 1 is 1.26 bits per heavy atom. The number of hydrogen-bond acceptors (Lipinski definition) is 4. The summed E-state index contributed by atoms with van der Waals surface area (Å²) < 4.78 is 36.2. The van der Waals surface area contributed by atoms with E-state index in [0.29, 0.717) is 42.5 Å². The summed E-state index contributed by atoms with van der Waals surface area (Å²) in [5.41, 5.74) is 0.930. The predicted octanol–water partition coefficient (Wildman–Crippen LogP) is 1.87. The number of fused-ring (bicyclic) bond motifs is 2. The zero-order valence-electron chi connectivity index (χ0n) is 13.6. The Hall–Kier alpha value is -0.920. The molecule has 6 nitrogen and oxygen atoms in total. The molecule has 2 saturated carbocycles. The first-order valence-corrected chi connectivity index (χ1v) is 10.2. The van der Waals surface area contributed by atoms with Gasteiger partial charge in [0.25, 0.3) is 10.0 Å². The number of rotatable bonds is 5. The summed E-state index contributed by atoms with van der Waals surface area (Å²) >= 11 is 0. The lowest BCUT2D eigenvalue weighted by Gasteiger charge is -2.42. The second kappa shape index (κ2) is 5.86. The molecule has 2 bridgehead atoms. The Morgan fingerprint density at radius 2 is 1.96 bits per heavy atom. The van der Waals surface area contributed by atoms with Crippen LogP contribution < -0.4 is 4.72 Å². The lowest BCUT2D eigenvalue weighted by atomic mass is 9.76. The van der Waals surface area contributed by atoms with E-state index in [9.17, 15) is 8.42 Å². The van der Waals surface area contributed by atoms with Crippen molar-refractivity contribution in [3.05, 3.63) is 11.8 Å². The van der Waals surface area contributed by atoms with Crippen molar-refractivity contribution in [3.63, 3.8) is 0 Å². The van der Waals surface area contributed by atoms with E-state index in [4.69, 9.17) is 4.74 Å². The average Bonchev–Trinajstić information content (AvgIpc) is 3.25. The van der Waals surface area contributed by atoms with Crippen LogP contribution in [-0.2, 0) is 21.3 Å². The van der Waals surface area contributed by atoms with Crippen molar-refractivity contribution >= 4 is 10.0 Å². The first-order valence-electron chi connectivity index (χ1n) is 8.76. The maximum atomic E-state index is 13.0. The molecule has 4 rings (SSSR count). The van der Waals surface area contributed by atoms with Gasteiger partial charge in [-0.3, -0.25) is 4.68 Å². The van der Waals surface area contributed by atoms with Crippen LogP contribution in [0.1, 0.15) is 50.6 Å². The highest BCUT2D eigenvalue weighted by Crippen LogP contribution is 2.40.